The standard InChI is InChI=1S/C17H11F3O/c18-17(19,20)13-8-10-14(11-9-13)21-16-7-3-5-12-4-1-2-6-15(12)16/h1-11H. The van der Waals surface area contributed by atoms with Gasteiger partial charge in [-0.1, -0.05) is 36.4 Å². The summed E-state index contributed by atoms with van der Waals surface area (Å²) in [5.74, 6) is 0.993. The van der Waals surface area contributed by atoms with Crippen molar-refractivity contribution in [1.82, 2.24) is 0 Å². The summed E-state index contributed by atoms with van der Waals surface area (Å²) in [6, 6.07) is 17.9. The molecule has 0 atom stereocenters. The van der Waals surface area contributed by atoms with Gasteiger partial charge in [-0.3, -0.25) is 0 Å². The van der Waals surface area contributed by atoms with Crippen LogP contribution in [0.25, 0.3) is 10.8 Å². The van der Waals surface area contributed by atoms with Crippen LogP contribution in [0.15, 0.2) is 66.7 Å². The molecule has 0 aliphatic rings. The maximum Gasteiger partial charge on any atom is 0.416 e. The van der Waals surface area contributed by atoms with Crippen molar-refractivity contribution >= 4 is 10.8 Å². The molecule has 0 unspecified atom stereocenters. The average molecular weight is 288 g/mol. The molecule has 0 radical (unpaired) electrons. The van der Waals surface area contributed by atoms with Crippen LogP contribution in [0.1, 0.15) is 5.56 Å². The maximum atomic E-state index is 12.5. The van der Waals surface area contributed by atoms with Crippen molar-refractivity contribution in [1.29, 1.82) is 0 Å². The molecule has 0 saturated carbocycles. The Morgan fingerprint density at radius 3 is 2.10 bits per heavy atom. The highest BCUT2D eigenvalue weighted by atomic mass is 19.4. The quantitative estimate of drug-likeness (QED) is 0.592. The molecule has 3 aromatic rings. The lowest BCUT2D eigenvalue weighted by Crippen LogP contribution is -2.03. The van der Waals surface area contributed by atoms with E-state index in [-0.39, 0.29) is 0 Å². The highest BCUT2D eigenvalue weighted by Gasteiger charge is 2.30. The molecule has 0 N–H and O–H groups in total. The Morgan fingerprint density at radius 2 is 1.38 bits per heavy atom. The molecule has 21 heavy (non-hydrogen) atoms. The Morgan fingerprint density at radius 1 is 0.714 bits per heavy atom. The minimum atomic E-state index is -4.34. The number of alkyl halides is 3. The zero-order chi connectivity index (χ0) is 14.9. The van der Waals surface area contributed by atoms with E-state index in [9.17, 15) is 13.2 Å². The molecule has 0 spiro atoms. The van der Waals surface area contributed by atoms with E-state index >= 15 is 0 Å². The van der Waals surface area contributed by atoms with Crippen LogP contribution < -0.4 is 4.74 Å². The van der Waals surface area contributed by atoms with Gasteiger partial charge in [0.2, 0.25) is 0 Å². The van der Waals surface area contributed by atoms with Crippen LogP contribution in [0.3, 0.4) is 0 Å². The number of hydrogen-bond acceptors (Lipinski definition) is 1. The number of benzene rings is 3. The molecule has 0 bridgehead atoms. The normalized spacial score (nSPS) is 11.6. The highest BCUT2D eigenvalue weighted by molar-refractivity contribution is 5.88. The fourth-order valence-corrected chi connectivity index (χ4v) is 2.12. The predicted octanol–water partition coefficient (Wildman–Crippen LogP) is 5.65. The topological polar surface area (TPSA) is 9.23 Å². The van der Waals surface area contributed by atoms with Gasteiger partial charge in [0.15, 0.2) is 0 Å². The molecule has 0 aromatic heterocycles. The van der Waals surface area contributed by atoms with Crippen molar-refractivity contribution in [2.24, 2.45) is 0 Å². The second-order valence-corrected chi connectivity index (χ2v) is 4.60. The summed E-state index contributed by atoms with van der Waals surface area (Å²) in [5, 5.41) is 1.93. The van der Waals surface area contributed by atoms with E-state index in [0.29, 0.717) is 11.5 Å². The predicted molar refractivity (Wildman–Crippen MR) is 75.5 cm³/mol. The zero-order valence-corrected chi connectivity index (χ0v) is 10.9. The van der Waals surface area contributed by atoms with Crippen LogP contribution in [0.2, 0.25) is 0 Å². The molecular weight excluding hydrogens is 277 g/mol. The van der Waals surface area contributed by atoms with E-state index in [4.69, 9.17) is 4.74 Å². The molecule has 0 saturated heterocycles. The van der Waals surface area contributed by atoms with Gasteiger partial charge in [-0.05, 0) is 35.7 Å². The highest BCUT2D eigenvalue weighted by Crippen LogP contribution is 2.33. The van der Waals surface area contributed by atoms with Gasteiger partial charge in [-0.25, -0.2) is 0 Å². The molecule has 0 aliphatic heterocycles. The lowest BCUT2D eigenvalue weighted by Gasteiger charge is -2.10. The third kappa shape index (κ3) is 2.84. The van der Waals surface area contributed by atoms with Crippen LogP contribution in [0, 0.1) is 0 Å². The fourth-order valence-electron chi connectivity index (χ4n) is 2.12. The largest absolute Gasteiger partial charge is 0.457 e. The van der Waals surface area contributed by atoms with Gasteiger partial charge in [0.05, 0.1) is 5.56 Å². The summed E-state index contributed by atoms with van der Waals surface area (Å²) < 4.78 is 43.2. The zero-order valence-electron chi connectivity index (χ0n) is 10.9. The first-order valence-corrected chi connectivity index (χ1v) is 6.37. The molecule has 4 heteroatoms. The van der Waals surface area contributed by atoms with Crippen molar-refractivity contribution in [2.45, 2.75) is 6.18 Å². The van der Waals surface area contributed by atoms with E-state index in [1.807, 2.05) is 36.4 Å². The van der Waals surface area contributed by atoms with Crippen LogP contribution in [-0.4, -0.2) is 0 Å². The Balaban J connectivity index is 1.92. The molecule has 3 rings (SSSR count). The lowest BCUT2D eigenvalue weighted by molar-refractivity contribution is -0.137. The van der Waals surface area contributed by atoms with Crippen LogP contribution >= 0.6 is 0 Å². The average Bonchev–Trinajstić information content (AvgIpc) is 2.47. The molecular formula is C17H11F3O. The molecule has 0 amide bonds. The smallest absolute Gasteiger partial charge is 0.416 e. The summed E-state index contributed by atoms with van der Waals surface area (Å²) >= 11 is 0. The van der Waals surface area contributed by atoms with Crippen molar-refractivity contribution in [3.63, 3.8) is 0 Å². The Labute approximate surface area is 119 Å². The van der Waals surface area contributed by atoms with Gasteiger partial charge in [-0.15, -0.1) is 0 Å². The summed E-state index contributed by atoms with van der Waals surface area (Å²) in [5.41, 5.74) is -0.687. The Hall–Kier alpha value is -2.49. The van der Waals surface area contributed by atoms with E-state index < -0.39 is 11.7 Å². The number of rotatable bonds is 2. The first kappa shape index (κ1) is 13.5. The first-order chi connectivity index (χ1) is 10.0. The second-order valence-electron chi connectivity index (χ2n) is 4.60. The van der Waals surface area contributed by atoms with E-state index in [0.717, 1.165) is 22.9 Å². The maximum absolute atomic E-state index is 12.5. The van der Waals surface area contributed by atoms with Gasteiger partial charge in [0.25, 0.3) is 0 Å². The van der Waals surface area contributed by atoms with Crippen LogP contribution in [-0.2, 0) is 6.18 Å². The van der Waals surface area contributed by atoms with Crippen molar-refractivity contribution in [2.75, 3.05) is 0 Å². The van der Waals surface area contributed by atoms with E-state index in [2.05, 4.69) is 0 Å². The number of fused-ring (bicyclic) bond motifs is 1. The molecule has 0 heterocycles. The van der Waals surface area contributed by atoms with E-state index in [1.165, 1.54) is 12.1 Å². The fraction of sp³-hybridized carbons (Fsp3) is 0.0588. The van der Waals surface area contributed by atoms with Gasteiger partial charge in [0, 0.05) is 5.39 Å². The molecule has 3 aromatic carbocycles. The molecule has 106 valence electrons. The first-order valence-electron chi connectivity index (χ1n) is 6.37. The van der Waals surface area contributed by atoms with Crippen LogP contribution in [0.4, 0.5) is 13.2 Å². The lowest BCUT2D eigenvalue weighted by atomic mass is 10.1. The summed E-state index contributed by atoms with van der Waals surface area (Å²) in [6.07, 6.45) is -4.34. The number of halogens is 3. The van der Waals surface area contributed by atoms with Gasteiger partial charge >= 0.3 is 6.18 Å². The Kier molecular flexibility index (Phi) is 3.29. The molecule has 0 aliphatic carbocycles. The van der Waals surface area contributed by atoms with Gasteiger partial charge < -0.3 is 4.74 Å². The summed E-state index contributed by atoms with van der Waals surface area (Å²) in [6.45, 7) is 0. The van der Waals surface area contributed by atoms with Crippen LogP contribution in [0.5, 0.6) is 11.5 Å². The van der Waals surface area contributed by atoms with Gasteiger partial charge in [0.1, 0.15) is 11.5 Å². The minimum Gasteiger partial charge on any atom is -0.457 e. The van der Waals surface area contributed by atoms with E-state index in [1.54, 1.807) is 6.07 Å². The monoisotopic (exact) mass is 288 g/mol. The minimum absolute atomic E-state index is 0.374. The van der Waals surface area contributed by atoms with Crippen molar-refractivity contribution in [3.05, 3.63) is 72.3 Å². The molecule has 0 fully saturated rings. The Bertz CT molecular complexity index is 756. The van der Waals surface area contributed by atoms with Crippen molar-refractivity contribution in [3.8, 4) is 11.5 Å². The molecule has 1 nitrogen and oxygen atoms in total. The number of hydrogen-bond donors (Lipinski definition) is 0. The summed E-state index contributed by atoms with van der Waals surface area (Å²) in [7, 11) is 0. The third-order valence-electron chi connectivity index (χ3n) is 3.16. The third-order valence-corrected chi connectivity index (χ3v) is 3.16. The SMILES string of the molecule is FC(F)(F)c1ccc(Oc2cccc3ccccc23)cc1. The van der Waals surface area contributed by atoms with Crippen molar-refractivity contribution < 1.29 is 17.9 Å². The van der Waals surface area contributed by atoms with Gasteiger partial charge in [-0.2, -0.15) is 13.2 Å². The summed E-state index contributed by atoms with van der Waals surface area (Å²) in [4.78, 5) is 0. The second kappa shape index (κ2) is 5.13. The number of ether oxygens (including phenoxy) is 1.